The van der Waals surface area contributed by atoms with E-state index < -0.39 is 28.3 Å². The molecule has 2 aromatic heterocycles. The Labute approximate surface area is 355 Å². The van der Waals surface area contributed by atoms with Crippen LogP contribution in [0.2, 0.25) is 0 Å². The van der Waals surface area contributed by atoms with Crippen molar-refractivity contribution in [1.82, 2.24) is 8.68 Å². The van der Waals surface area contributed by atoms with Crippen LogP contribution in [0.3, 0.4) is 0 Å². The molecule has 61 heavy (non-hydrogen) atoms. The molecule has 0 aliphatic rings. The number of para-hydroxylation sites is 2. The maximum atomic E-state index is 13.4. The van der Waals surface area contributed by atoms with Gasteiger partial charge < -0.3 is 14.0 Å². The summed E-state index contributed by atoms with van der Waals surface area (Å²) in [7, 11) is -0.226. The van der Waals surface area contributed by atoms with Crippen molar-refractivity contribution in [2.45, 2.75) is 0 Å². The fraction of sp³-hybridized carbons (Fsp3) is 0.0385. The second-order valence-electron chi connectivity index (χ2n) is 14.5. The third kappa shape index (κ3) is 6.73. The van der Waals surface area contributed by atoms with Crippen LogP contribution in [0.25, 0.3) is 54.5 Å². The summed E-state index contributed by atoms with van der Waals surface area (Å²) in [6.07, 6.45) is 3.62. The number of ether oxygens (including phenoxy) is 2. The minimum atomic E-state index is -1.94. The Hall–Kier alpha value is -7.04. The molecule has 0 spiro atoms. The third-order valence-corrected chi connectivity index (χ3v) is 15.3. The summed E-state index contributed by atoms with van der Waals surface area (Å²) in [5.41, 5.74) is 4.40. The van der Waals surface area contributed by atoms with E-state index in [-0.39, 0.29) is 0 Å². The molecule has 0 aliphatic heterocycles. The highest BCUT2D eigenvalue weighted by Crippen LogP contribution is 2.52. The minimum absolute atomic E-state index is 0.408. The highest BCUT2D eigenvalue weighted by Gasteiger charge is 2.31. The lowest BCUT2D eigenvalue weighted by Crippen LogP contribution is -2.22. The van der Waals surface area contributed by atoms with Crippen LogP contribution in [0.5, 0.6) is 5.75 Å². The molecule has 9 heteroatoms. The van der Waals surface area contributed by atoms with Gasteiger partial charge in [-0.2, -0.15) is 0 Å². The van der Waals surface area contributed by atoms with E-state index in [1.807, 2.05) is 69.6 Å². The standard InChI is InChI=1S/C52H38N2O5P2/c1-57-51(55)43-33-53(45-27-15-13-25-41(43)45)61(54-34-44(52(56)58-2)42-26-14-16-28-46(42)54)59-47-31-29-35-17-9-11-23-39(35)49(47)50-40-24-12-10-18-36(40)30-32-48(50)60(37-19-5-3-6-20-37)38-21-7-4-8-22-38/h3-34H,1-2H3. The molecule has 0 fully saturated rings. The molecule has 296 valence electrons. The van der Waals surface area contributed by atoms with Gasteiger partial charge in [-0.25, -0.2) is 9.59 Å². The molecule has 2 heterocycles. The fourth-order valence-corrected chi connectivity index (χ4v) is 12.6. The lowest BCUT2D eigenvalue weighted by molar-refractivity contribution is 0.0594. The van der Waals surface area contributed by atoms with Gasteiger partial charge in [0.2, 0.25) is 0 Å². The van der Waals surface area contributed by atoms with Crippen LogP contribution in [0, 0.1) is 0 Å². The van der Waals surface area contributed by atoms with Crippen molar-refractivity contribution in [3.8, 4) is 16.9 Å². The zero-order valence-corrected chi connectivity index (χ0v) is 35.1. The summed E-state index contributed by atoms with van der Waals surface area (Å²) >= 11 is 0. The van der Waals surface area contributed by atoms with Crippen molar-refractivity contribution < 1.29 is 23.6 Å². The molecule has 0 radical (unpaired) electrons. The molecule has 0 amide bonds. The SMILES string of the molecule is COC(=O)c1cn(P(Oc2ccc3ccccc3c2-c2c(P(c3ccccc3)c3ccccc3)ccc3ccccc23)n2cc(C(=O)OC)c3ccccc32)c2ccccc12. The Morgan fingerprint density at radius 2 is 0.869 bits per heavy atom. The highest BCUT2D eigenvalue weighted by molar-refractivity contribution is 7.80. The molecule has 0 saturated heterocycles. The predicted octanol–water partition coefficient (Wildman–Crippen LogP) is 11.6. The van der Waals surface area contributed by atoms with Gasteiger partial charge in [0.1, 0.15) is 5.75 Å². The second kappa shape index (κ2) is 16.2. The maximum absolute atomic E-state index is 13.4. The first-order chi connectivity index (χ1) is 30.0. The van der Waals surface area contributed by atoms with Crippen molar-refractivity contribution in [3.63, 3.8) is 0 Å². The molecule has 0 unspecified atom stereocenters. The Kier molecular flexibility index (Phi) is 10.1. The Bertz CT molecular complexity index is 3140. The predicted molar refractivity (Wildman–Crippen MR) is 250 cm³/mol. The third-order valence-electron chi connectivity index (χ3n) is 11.1. The Morgan fingerprint density at radius 3 is 1.38 bits per heavy atom. The van der Waals surface area contributed by atoms with Crippen LogP contribution in [0.4, 0.5) is 0 Å². The first-order valence-electron chi connectivity index (χ1n) is 19.8. The van der Waals surface area contributed by atoms with Gasteiger partial charge in [0.15, 0.2) is 0 Å². The number of hydrogen-bond donors (Lipinski definition) is 0. The van der Waals surface area contributed by atoms with Gasteiger partial charge in [0.05, 0.1) is 36.4 Å². The number of methoxy groups -OCH3 is 2. The van der Waals surface area contributed by atoms with Crippen LogP contribution < -0.4 is 20.4 Å². The molecule has 7 nitrogen and oxygen atoms in total. The van der Waals surface area contributed by atoms with Crippen LogP contribution >= 0.6 is 16.4 Å². The number of aromatic nitrogens is 2. The lowest BCUT2D eigenvalue weighted by Gasteiger charge is -2.27. The van der Waals surface area contributed by atoms with Crippen LogP contribution in [0.15, 0.2) is 194 Å². The summed E-state index contributed by atoms with van der Waals surface area (Å²) in [5.74, 6) is -0.271. The molecule has 10 rings (SSSR count). The summed E-state index contributed by atoms with van der Waals surface area (Å²) < 4.78 is 22.3. The molecular weight excluding hydrogens is 795 g/mol. The average molecular weight is 833 g/mol. The van der Waals surface area contributed by atoms with Gasteiger partial charge in [-0.3, -0.25) is 8.68 Å². The first kappa shape index (κ1) is 38.2. The lowest BCUT2D eigenvalue weighted by atomic mass is 9.93. The van der Waals surface area contributed by atoms with Crippen LogP contribution in [-0.4, -0.2) is 34.8 Å². The van der Waals surface area contributed by atoms with E-state index in [1.54, 1.807) is 0 Å². The molecule has 0 aliphatic carbocycles. The summed E-state index contributed by atoms with van der Waals surface area (Å²) in [6, 6.07) is 62.6. The van der Waals surface area contributed by atoms with Crippen LogP contribution in [-0.2, 0) is 9.47 Å². The second-order valence-corrected chi connectivity index (χ2v) is 18.2. The molecule has 10 aromatic rings. The number of carbonyl (C=O) groups is 2. The van der Waals surface area contributed by atoms with Gasteiger partial charge in [0.25, 0.3) is 0 Å². The molecule has 0 N–H and O–H groups in total. The number of esters is 2. The largest absolute Gasteiger partial charge is 0.465 e. The van der Waals surface area contributed by atoms with Crippen molar-refractivity contribution in [2.24, 2.45) is 0 Å². The van der Waals surface area contributed by atoms with E-state index in [1.165, 1.54) is 30.1 Å². The maximum Gasteiger partial charge on any atom is 0.340 e. The normalized spacial score (nSPS) is 11.5. The number of hydrogen-bond acceptors (Lipinski definition) is 5. The first-order valence-corrected chi connectivity index (χ1v) is 22.3. The summed E-state index contributed by atoms with van der Waals surface area (Å²) in [4.78, 5) is 26.8. The number of fused-ring (bicyclic) bond motifs is 4. The van der Waals surface area contributed by atoms with Gasteiger partial charge in [-0.1, -0.05) is 164 Å². The van der Waals surface area contributed by atoms with E-state index in [0.717, 1.165) is 54.5 Å². The zero-order chi connectivity index (χ0) is 41.5. The van der Waals surface area contributed by atoms with Gasteiger partial charge in [-0.15, -0.1) is 0 Å². The van der Waals surface area contributed by atoms with Crippen molar-refractivity contribution in [1.29, 1.82) is 0 Å². The summed E-state index contributed by atoms with van der Waals surface area (Å²) in [6.45, 7) is 0. The summed E-state index contributed by atoms with van der Waals surface area (Å²) in [5, 5.41) is 9.40. The minimum Gasteiger partial charge on any atom is -0.465 e. The fourth-order valence-electron chi connectivity index (χ4n) is 8.31. The number of rotatable bonds is 10. The van der Waals surface area contributed by atoms with Crippen molar-refractivity contribution in [2.75, 3.05) is 14.2 Å². The Balaban J connectivity index is 1.30. The average Bonchev–Trinajstić information content (AvgIpc) is 3.91. The van der Waals surface area contributed by atoms with Gasteiger partial charge in [0, 0.05) is 34.3 Å². The van der Waals surface area contributed by atoms with E-state index in [9.17, 15) is 9.59 Å². The molecule has 0 bridgehead atoms. The Morgan fingerprint density at radius 1 is 0.443 bits per heavy atom. The van der Waals surface area contributed by atoms with Gasteiger partial charge in [-0.05, 0) is 63.6 Å². The molecule has 8 aromatic carbocycles. The molecule has 0 atom stereocenters. The van der Waals surface area contributed by atoms with Crippen molar-refractivity contribution >= 4 is 87.6 Å². The number of nitrogens with zero attached hydrogens (tertiary/aromatic N) is 2. The van der Waals surface area contributed by atoms with E-state index in [2.05, 4.69) is 133 Å². The van der Waals surface area contributed by atoms with Gasteiger partial charge >= 0.3 is 20.4 Å². The van der Waals surface area contributed by atoms with Crippen LogP contribution in [0.1, 0.15) is 20.7 Å². The van der Waals surface area contributed by atoms with Crippen molar-refractivity contribution in [3.05, 3.63) is 206 Å². The quantitative estimate of drug-likeness (QED) is 0.101. The molecule has 0 saturated carbocycles. The van der Waals surface area contributed by atoms with E-state index >= 15 is 0 Å². The highest BCUT2D eigenvalue weighted by atomic mass is 31.2. The monoisotopic (exact) mass is 832 g/mol. The number of carbonyl (C=O) groups excluding carboxylic acids is 2. The molecular formula is C52H38N2O5P2. The topological polar surface area (TPSA) is 71.7 Å². The van der Waals surface area contributed by atoms with E-state index in [4.69, 9.17) is 14.0 Å². The van der Waals surface area contributed by atoms with E-state index in [0.29, 0.717) is 16.9 Å². The zero-order valence-electron chi connectivity index (χ0n) is 33.3. The smallest absolute Gasteiger partial charge is 0.340 e. The number of benzene rings is 8.